The Balaban J connectivity index is 1.95. The molecular weight excluding hydrogens is 242 g/mol. The molecule has 0 unspecified atom stereocenters. The van der Waals surface area contributed by atoms with Crippen molar-refractivity contribution in [3.05, 3.63) is 17.8 Å². The molecule has 1 saturated carbocycles. The van der Waals surface area contributed by atoms with E-state index in [9.17, 15) is 4.79 Å². The predicted molar refractivity (Wildman–Crippen MR) is 73.6 cm³/mol. The van der Waals surface area contributed by atoms with Gasteiger partial charge in [0, 0.05) is 6.54 Å². The number of carbonyl (C=O) groups is 1. The van der Waals surface area contributed by atoms with E-state index < -0.39 is 5.91 Å². The molecule has 6 heteroatoms. The number of primary amides is 1. The largest absolute Gasteiger partial charge is 0.368 e. The van der Waals surface area contributed by atoms with Crippen LogP contribution >= 0.6 is 0 Å². The fourth-order valence-electron chi connectivity index (χ4n) is 2.59. The molecule has 1 aliphatic carbocycles. The van der Waals surface area contributed by atoms with Gasteiger partial charge in [0.1, 0.15) is 5.82 Å². The van der Waals surface area contributed by atoms with E-state index >= 15 is 0 Å². The van der Waals surface area contributed by atoms with Crippen LogP contribution in [0.25, 0.3) is 0 Å². The Labute approximate surface area is 113 Å². The highest BCUT2D eigenvalue weighted by Crippen LogP contribution is 2.35. The molecule has 0 radical (unpaired) electrons. The van der Waals surface area contributed by atoms with Crippen molar-refractivity contribution >= 4 is 11.7 Å². The molecule has 0 saturated heterocycles. The average molecular weight is 263 g/mol. The number of anilines is 1. The molecular formula is C13H21N5O. The fraction of sp³-hybridized carbons (Fsp3) is 0.615. The van der Waals surface area contributed by atoms with Crippen LogP contribution in [0.3, 0.4) is 0 Å². The van der Waals surface area contributed by atoms with Crippen LogP contribution in [0.2, 0.25) is 0 Å². The number of nitrogens with one attached hydrogen (secondary N) is 1. The minimum atomic E-state index is -0.565. The van der Waals surface area contributed by atoms with Crippen LogP contribution in [-0.2, 0) is 0 Å². The zero-order valence-corrected chi connectivity index (χ0v) is 11.1. The van der Waals surface area contributed by atoms with Crippen molar-refractivity contribution in [3.63, 3.8) is 0 Å². The molecule has 1 aliphatic rings. The number of carbonyl (C=O) groups excluding carboxylic acids is 1. The van der Waals surface area contributed by atoms with Crippen LogP contribution in [0, 0.1) is 5.41 Å². The van der Waals surface area contributed by atoms with Crippen molar-refractivity contribution in [2.24, 2.45) is 16.9 Å². The van der Waals surface area contributed by atoms with E-state index in [1.165, 1.54) is 19.3 Å². The lowest BCUT2D eigenvalue weighted by Crippen LogP contribution is -2.39. The van der Waals surface area contributed by atoms with E-state index in [0.717, 1.165) is 19.4 Å². The van der Waals surface area contributed by atoms with Crippen LogP contribution in [-0.4, -0.2) is 29.2 Å². The van der Waals surface area contributed by atoms with Crippen LogP contribution in [0.15, 0.2) is 12.1 Å². The highest BCUT2D eigenvalue weighted by Gasteiger charge is 2.30. The van der Waals surface area contributed by atoms with Gasteiger partial charge in [-0.2, -0.15) is 0 Å². The lowest BCUT2D eigenvalue weighted by atomic mass is 9.74. The Kier molecular flexibility index (Phi) is 4.31. The Morgan fingerprint density at radius 2 is 2.00 bits per heavy atom. The number of nitrogens with zero attached hydrogens (tertiary/aromatic N) is 2. The molecule has 1 fully saturated rings. The van der Waals surface area contributed by atoms with Crippen molar-refractivity contribution in [2.75, 3.05) is 18.4 Å². The molecule has 1 heterocycles. The molecule has 0 spiro atoms. The topological polar surface area (TPSA) is 107 Å². The maximum Gasteiger partial charge on any atom is 0.269 e. The average Bonchev–Trinajstić information content (AvgIpc) is 2.46. The molecule has 0 aliphatic heterocycles. The van der Waals surface area contributed by atoms with E-state index in [4.69, 9.17) is 11.5 Å². The molecule has 0 aromatic carbocycles. The van der Waals surface area contributed by atoms with Crippen molar-refractivity contribution in [3.8, 4) is 0 Å². The fourth-order valence-corrected chi connectivity index (χ4v) is 2.59. The second-order valence-corrected chi connectivity index (χ2v) is 5.29. The number of amides is 1. The molecule has 19 heavy (non-hydrogen) atoms. The maximum absolute atomic E-state index is 10.9. The molecule has 1 aromatic rings. The highest BCUT2D eigenvalue weighted by molar-refractivity contribution is 5.90. The van der Waals surface area contributed by atoms with Gasteiger partial charge in [-0.15, -0.1) is 10.2 Å². The molecule has 5 N–H and O–H groups in total. The van der Waals surface area contributed by atoms with Gasteiger partial charge in [0.05, 0.1) is 0 Å². The first-order valence-corrected chi connectivity index (χ1v) is 6.73. The first-order chi connectivity index (χ1) is 9.15. The van der Waals surface area contributed by atoms with E-state index in [1.54, 1.807) is 12.1 Å². The second kappa shape index (κ2) is 5.97. The lowest BCUT2D eigenvalue weighted by molar-refractivity contribution is 0.0994. The molecule has 1 amide bonds. The Bertz CT molecular complexity index is 425. The summed E-state index contributed by atoms with van der Waals surface area (Å²) >= 11 is 0. The standard InChI is InChI=1S/C13H21N5O/c14-8-13(6-2-1-3-7-13)9-16-11-5-4-10(12(15)19)17-18-11/h4-5H,1-3,6-9,14H2,(H2,15,19)(H,16,18). The Hall–Kier alpha value is -1.69. The zero-order chi connectivity index (χ0) is 13.7. The smallest absolute Gasteiger partial charge is 0.269 e. The third kappa shape index (κ3) is 3.41. The predicted octanol–water partition coefficient (Wildman–Crippen LogP) is 0.897. The molecule has 1 aromatic heterocycles. The maximum atomic E-state index is 10.9. The van der Waals surface area contributed by atoms with Crippen molar-refractivity contribution in [2.45, 2.75) is 32.1 Å². The second-order valence-electron chi connectivity index (χ2n) is 5.29. The van der Waals surface area contributed by atoms with Gasteiger partial charge in [-0.25, -0.2) is 0 Å². The molecule has 104 valence electrons. The summed E-state index contributed by atoms with van der Waals surface area (Å²) in [5.41, 5.74) is 11.4. The summed E-state index contributed by atoms with van der Waals surface area (Å²) in [6.45, 7) is 1.49. The SMILES string of the molecule is NCC1(CNc2ccc(C(N)=O)nn2)CCCCC1. The summed E-state index contributed by atoms with van der Waals surface area (Å²) in [6, 6.07) is 3.30. The summed E-state index contributed by atoms with van der Waals surface area (Å²) < 4.78 is 0. The minimum Gasteiger partial charge on any atom is -0.368 e. The summed E-state index contributed by atoms with van der Waals surface area (Å²) in [4.78, 5) is 10.9. The lowest BCUT2D eigenvalue weighted by Gasteiger charge is -2.36. The number of hydrogen-bond acceptors (Lipinski definition) is 5. The van der Waals surface area contributed by atoms with Gasteiger partial charge >= 0.3 is 0 Å². The Morgan fingerprint density at radius 3 is 2.53 bits per heavy atom. The van der Waals surface area contributed by atoms with Gasteiger partial charge < -0.3 is 16.8 Å². The van der Waals surface area contributed by atoms with Crippen molar-refractivity contribution in [1.82, 2.24) is 10.2 Å². The monoisotopic (exact) mass is 263 g/mol. The van der Waals surface area contributed by atoms with E-state index in [2.05, 4.69) is 15.5 Å². The summed E-state index contributed by atoms with van der Waals surface area (Å²) in [5, 5.41) is 11.0. The van der Waals surface area contributed by atoms with Gasteiger partial charge in [-0.05, 0) is 36.9 Å². The number of nitrogens with two attached hydrogens (primary N) is 2. The van der Waals surface area contributed by atoms with Gasteiger partial charge in [-0.1, -0.05) is 19.3 Å². The number of hydrogen-bond donors (Lipinski definition) is 3. The summed E-state index contributed by atoms with van der Waals surface area (Å²) in [5.74, 6) is 0.0909. The van der Waals surface area contributed by atoms with E-state index in [0.29, 0.717) is 12.4 Å². The first-order valence-electron chi connectivity index (χ1n) is 6.73. The minimum absolute atomic E-state index is 0.169. The molecule has 2 rings (SSSR count). The van der Waals surface area contributed by atoms with Crippen LogP contribution < -0.4 is 16.8 Å². The van der Waals surface area contributed by atoms with E-state index in [1.807, 2.05) is 0 Å². The van der Waals surface area contributed by atoms with Gasteiger partial charge in [-0.3, -0.25) is 4.79 Å². The number of aromatic nitrogens is 2. The van der Waals surface area contributed by atoms with Crippen molar-refractivity contribution in [1.29, 1.82) is 0 Å². The highest BCUT2D eigenvalue weighted by atomic mass is 16.1. The normalized spacial score (nSPS) is 17.9. The third-order valence-corrected chi connectivity index (χ3v) is 3.91. The van der Waals surface area contributed by atoms with Crippen LogP contribution in [0.4, 0.5) is 5.82 Å². The summed E-state index contributed by atoms with van der Waals surface area (Å²) in [6.07, 6.45) is 6.10. The molecule has 0 bridgehead atoms. The van der Waals surface area contributed by atoms with E-state index in [-0.39, 0.29) is 11.1 Å². The van der Waals surface area contributed by atoms with Gasteiger partial charge in [0.25, 0.3) is 5.91 Å². The Morgan fingerprint density at radius 1 is 1.26 bits per heavy atom. The first kappa shape index (κ1) is 13.7. The van der Waals surface area contributed by atoms with Gasteiger partial charge in [0.2, 0.25) is 0 Å². The molecule has 0 atom stereocenters. The van der Waals surface area contributed by atoms with Crippen molar-refractivity contribution < 1.29 is 4.79 Å². The van der Waals surface area contributed by atoms with Crippen LogP contribution in [0.1, 0.15) is 42.6 Å². The summed E-state index contributed by atoms with van der Waals surface area (Å²) in [7, 11) is 0. The quantitative estimate of drug-likeness (QED) is 0.731. The molecule has 6 nitrogen and oxygen atoms in total. The third-order valence-electron chi connectivity index (χ3n) is 3.91. The zero-order valence-electron chi connectivity index (χ0n) is 11.1. The van der Waals surface area contributed by atoms with Crippen LogP contribution in [0.5, 0.6) is 0 Å². The van der Waals surface area contributed by atoms with Gasteiger partial charge in [0.15, 0.2) is 5.69 Å². The number of rotatable bonds is 5.